The highest BCUT2D eigenvalue weighted by atomic mass is 16.1. The molecule has 2 heteroatoms. The number of rotatable bonds is 2. The van der Waals surface area contributed by atoms with Crippen LogP contribution in [0.25, 0.3) is 0 Å². The molecule has 0 aromatic heterocycles. The highest BCUT2D eigenvalue weighted by molar-refractivity contribution is 6.12. The number of hydrogen-bond acceptors (Lipinski definition) is 2. The molecule has 2 nitrogen and oxygen atoms in total. The van der Waals surface area contributed by atoms with E-state index in [1.165, 1.54) is 0 Å². The summed E-state index contributed by atoms with van der Waals surface area (Å²) in [4.78, 5) is 24.4. The fourth-order valence-electron chi connectivity index (χ4n) is 2.64. The molecular formula is C17H14O2. The van der Waals surface area contributed by atoms with E-state index in [1.54, 1.807) is 6.07 Å². The van der Waals surface area contributed by atoms with Crippen LogP contribution >= 0.6 is 0 Å². The Bertz CT molecular complexity index is 642. The summed E-state index contributed by atoms with van der Waals surface area (Å²) in [5.74, 6) is 0.163. The number of fused-ring (bicyclic) bond motifs is 1. The van der Waals surface area contributed by atoms with Crippen molar-refractivity contribution in [2.24, 2.45) is 0 Å². The Hall–Kier alpha value is -2.22. The number of hydrogen-bond donors (Lipinski definition) is 0. The number of ketones is 2. The SMILES string of the molecule is O=C1CCCc2c1cccc2C(=O)c1ccccc1. The van der Waals surface area contributed by atoms with Crippen molar-refractivity contribution in [2.75, 3.05) is 0 Å². The highest BCUT2D eigenvalue weighted by Gasteiger charge is 2.22. The molecule has 0 N–H and O–H groups in total. The first-order chi connectivity index (χ1) is 9.27. The van der Waals surface area contributed by atoms with Gasteiger partial charge in [-0.15, -0.1) is 0 Å². The van der Waals surface area contributed by atoms with Gasteiger partial charge >= 0.3 is 0 Å². The van der Waals surface area contributed by atoms with Crippen molar-refractivity contribution < 1.29 is 9.59 Å². The largest absolute Gasteiger partial charge is 0.294 e. The Morgan fingerprint density at radius 1 is 0.895 bits per heavy atom. The lowest BCUT2D eigenvalue weighted by Gasteiger charge is -2.17. The lowest BCUT2D eigenvalue weighted by atomic mass is 9.85. The van der Waals surface area contributed by atoms with Crippen molar-refractivity contribution in [3.05, 3.63) is 70.8 Å². The van der Waals surface area contributed by atoms with Crippen molar-refractivity contribution in [3.8, 4) is 0 Å². The van der Waals surface area contributed by atoms with Crippen LogP contribution in [-0.4, -0.2) is 11.6 Å². The Morgan fingerprint density at radius 2 is 1.68 bits per heavy atom. The molecule has 2 aromatic carbocycles. The number of Topliss-reactive ketones (excluding diaryl/α,β-unsaturated/α-hetero) is 1. The second kappa shape index (κ2) is 4.81. The van der Waals surface area contributed by atoms with E-state index in [0.29, 0.717) is 17.5 Å². The maximum Gasteiger partial charge on any atom is 0.193 e. The van der Waals surface area contributed by atoms with E-state index < -0.39 is 0 Å². The first-order valence-corrected chi connectivity index (χ1v) is 6.52. The van der Waals surface area contributed by atoms with Crippen molar-refractivity contribution in [3.63, 3.8) is 0 Å². The van der Waals surface area contributed by atoms with E-state index in [0.717, 1.165) is 24.0 Å². The van der Waals surface area contributed by atoms with Gasteiger partial charge in [-0.2, -0.15) is 0 Å². The van der Waals surface area contributed by atoms with Gasteiger partial charge in [0.15, 0.2) is 11.6 Å². The van der Waals surface area contributed by atoms with Crippen molar-refractivity contribution in [2.45, 2.75) is 19.3 Å². The van der Waals surface area contributed by atoms with Crippen LogP contribution in [0.1, 0.15) is 44.7 Å². The highest BCUT2D eigenvalue weighted by Crippen LogP contribution is 2.26. The van der Waals surface area contributed by atoms with Gasteiger partial charge < -0.3 is 0 Å². The van der Waals surface area contributed by atoms with E-state index in [2.05, 4.69) is 0 Å². The third-order valence-electron chi connectivity index (χ3n) is 3.59. The van der Waals surface area contributed by atoms with E-state index >= 15 is 0 Å². The molecular weight excluding hydrogens is 236 g/mol. The van der Waals surface area contributed by atoms with Gasteiger partial charge in [-0.05, 0) is 18.4 Å². The Kier molecular flexibility index (Phi) is 3.00. The van der Waals surface area contributed by atoms with E-state index in [-0.39, 0.29) is 11.6 Å². The van der Waals surface area contributed by atoms with Crippen LogP contribution < -0.4 is 0 Å². The fraction of sp³-hybridized carbons (Fsp3) is 0.176. The van der Waals surface area contributed by atoms with Crippen LogP contribution in [0, 0.1) is 0 Å². The van der Waals surface area contributed by atoms with Gasteiger partial charge in [-0.3, -0.25) is 9.59 Å². The molecule has 0 radical (unpaired) electrons. The minimum atomic E-state index is 0.00662. The third kappa shape index (κ3) is 2.10. The number of benzene rings is 2. The molecule has 0 heterocycles. The molecule has 1 aliphatic rings. The third-order valence-corrected chi connectivity index (χ3v) is 3.59. The van der Waals surface area contributed by atoms with Gasteiger partial charge in [0.05, 0.1) is 0 Å². The molecule has 3 rings (SSSR count). The summed E-state index contributed by atoms with van der Waals surface area (Å²) in [6.07, 6.45) is 2.25. The molecule has 0 fully saturated rings. The molecule has 0 saturated carbocycles. The monoisotopic (exact) mass is 250 g/mol. The summed E-state index contributed by atoms with van der Waals surface area (Å²) < 4.78 is 0. The van der Waals surface area contributed by atoms with Gasteiger partial charge in [0.2, 0.25) is 0 Å². The Labute approximate surface area is 112 Å². The average molecular weight is 250 g/mol. The zero-order chi connectivity index (χ0) is 13.2. The molecule has 0 amide bonds. The zero-order valence-corrected chi connectivity index (χ0v) is 10.6. The van der Waals surface area contributed by atoms with Gasteiger partial charge in [0, 0.05) is 23.1 Å². The maximum atomic E-state index is 12.5. The predicted octanol–water partition coefficient (Wildman–Crippen LogP) is 3.44. The molecule has 2 aromatic rings. The van der Waals surface area contributed by atoms with E-state index in [9.17, 15) is 9.59 Å². The fourth-order valence-corrected chi connectivity index (χ4v) is 2.64. The van der Waals surface area contributed by atoms with Crippen molar-refractivity contribution >= 4 is 11.6 Å². The number of carbonyl (C=O) groups is 2. The zero-order valence-electron chi connectivity index (χ0n) is 10.6. The molecule has 0 unspecified atom stereocenters. The average Bonchev–Trinajstić information content (AvgIpc) is 2.47. The Morgan fingerprint density at radius 3 is 2.47 bits per heavy atom. The maximum absolute atomic E-state index is 12.5. The summed E-state index contributed by atoms with van der Waals surface area (Å²) in [6.45, 7) is 0. The quantitative estimate of drug-likeness (QED) is 0.765. The summed E-state index contributed by atoms with van der Waals surface area (Å²) >= 11 is 0. The summed E-state index contributed by atoms with van der Waals surface area (Å²) in [7, 11) is 0. The first kappa shape index (κ1) is 11.8. The minimum Gasteiger partial charge on any atom is -0.294 e. The lowest BCUT2D eigenvalue weighted by Crippen LogP contribution is -2.15. The smallest absolute Gasteiger partial charge is 0.193 e. The van der Waals surface area contributed by atoms with Gasteiger partial charge in [0.25, 0.3) is 0 Å². The van der Waals surface area contributed by atoms with Gasteiger partial charge in [-0.1, -0.05) is 48.5 Å². The molecule has 94 valence electrons. The first-order valence-electron chi connectivity index (χ1n) is 6.52. The van der Waals surface area contributed by atoms with Crippen LogP contribution in [0.15, 0.2) is 48.5 Å². The van der Waals surface area contributed by atoms with Gasteiger partial charge in [-0.25, -0.2) is 0 Å². The topological polar surface area (TPSA) is 34.1 Å². The second-order valence-electron chi connectivity index (χ2n) is 4.80. The predicted molar refractivity (Wildman–Crippen MR) is 73.6 cm³/mol. The standard InChI is InChI=1S/C17H14O2/c18-16-11-5-8-13-14(16)9-4-10-15(13)17(19)12-6-2-1-3-7-12/h1-4,6-7,9-10H,5,8,11H2. The molecule has 0 aliphatic heterocycles. The number of carbonyl (C=O) groups excluding carboxylic acids is 2. The van der Waals surface area contributed by atoms with Crippen molar-refractivity contribution in [1.29, 1.82) is 0 Å². The normalized spacial score (nSPS) is 14.0. The second-order valence-corrected chi connectivity index (χ2v) is 4.80. The minimum absolute atomic E-state index is 0.00662. The van der Waals surface area contributed by atoms with Crippen molar-refractivity contribution in [1.82, 2.24) is 0 Å². The van der Waals surface area contributed by atoms with Crippen LogP contribution in [0.5, 0.6) is 0 Å². The molecule has 0 bridgehead atoms. The summed E-state index contributed by atoms with van der Waals surface area (Å²) in [5.41, 5.74) is 3.01. The molecule has 1 aliphatic carbocycles. The Balaban J connectivity index is 2.09. The molecule has 0 saturated heterocycles. The van der Waals surface area contributed by atoms with E-state index in [4.69, 9.17) is 0 Å². The van der Waals surface area contributed by atoms with Crippen LogP contribution in [0.2, 0.25) is 0 Å². The van der Waals surface area contributed by atoms with E-state index in [1.807, 2.05) is 42.5 Å². The molecule has 19 heavy (non-hydrogen) atoms. The molecule has 0 atom stereocenters. The molecule has 0 spiro atoms. The van der Waals surface area contributed by atoms with Crippen LogP contribution in [-0.2, 0) is 6.42 Å². The lowest BCUT2D eigenvalue weighted by molar-refractivity contribution is 0.0972. The summed E-state index contributed by atoms with van der Waals surface area (Å²) in [5, 5.41) is 0. The van der Waals surface area contributed by atoms with Crippen LogP contribution in [0.3, 0.4) is 0 Å². The van der Waals surface area contributed by atoms with Gasteiger partial charge in [0.1, 0.15) is 0 Å². The van der Waals surface area contributed by atoms with Crippen LogP contribution in [0.4, 0.5) is 0 Å². The summed E-state index contributed by atoms with van der Waals surface area (Å²) in [6, 6.07) is 14.7.